The van der Waals surface area contributed by atoms with Crippen LogP contribution in [0.2, 0.25) is 0 Å². The van der Waals surface area contributed by atoms with Crippen molar-refractivity contribution in [3.8, 4) is 0 Å². The van der Waals surface area contributed by atoms with E-state index in [0.29, 0.717) is 5.41 Å². The van der Waals surface area contributed by atoms with Crippen molar-refractivity contribution in [2.75, 3.05) is 40.3 Å². The van der Waals surface area contributed by atoms with E-state index in [1.54, 1.807) is 0 Å². The summed E-state index contributed by atoms with van der Waals surface area (Å²) in [7, 11) is 4.31. The topological polar surface area (TPSA) is 18.5 Å². The first-order valence-electron chi connectivity index (χ1n) is 5.85. The monoisotopic (exact) mass is 197 g/mol. The maximum Gasteiger partial charge on any atom is 0.0199 e. The van der Waals surface area contributed by atoms with Gasteiger partial charge in [0.15, 0.2) is 0 Å². The molecule has 0 aromatic carbocycles. The van der Waals surface area contributed by atoms with Crippen molar-refractivity contribution < 1.29 is 0 Å². The van der Waals surface area contributed by atoms with Crippen molar-refractivity contribution in [3.63, 3.8) is 0 Å². The molecule has 0 amide bonds. The molecule has 2 saturated heterocycles. The van der Waals surface area contributed by atoms with E-state index in [9.17, 15) is 0 Å². The smallest absolute Gasteiger partial charge is 0.0199 e. The van der Waals surface area contributed by atoms with Gasteiger partial charge in [0.05, 0.1) is 0 Å². The SMILES string of the molecule is CNN1CCCC2(CCCN(C)C2)C1. The van der Waals surface area contributed by atoms with Gasteiger partial charge in [-0.15, -0.1) is 0 Å². The summed E-state index contributed by atoms with van der Waals surface area (Å²) in [6.45, 7) is 5.06. The lowest BCUT2D eigenvalue weighted by atomic mass is 9.74. The van der Waals surface area contributed by atoms with Crippen LogP contribution in [0.4, 0.5) is 0 Å². The summed E-state index contributed by atoms with van der Waals surface area (Å²) in [4.78, 5) is 2.50. The molecule has 2 aliphatic rings. The number of hydrazine groups is 1. The van der Waals surface area contributed by atoms with Gasteiger partial charge in [0.25, 0.3) is 0 Å². The lowest BCUT2D eigenvalue weighted by molar-refractivity contribution is 0.00466. The maximum absolute atomic E-state index is 3.31. The Morgan fingerprint density at radius 3 is 2.43 bits per heavy atom. The molecule has 0 aromatic heterocycles. The molecule has 3 heteroatoms. The molecule has 2 rings (SSSR count). The number of hydrogen-bond acceptors (Lipinski definition) is 3. The first kappa shape index (κ1) is 10.4. The fraction of sp³-hybridized carbons (Fsp3) is 1.00. The zero-order valence-corrected chi connectivity index (χ0v) is 9.55. The standard InChI is InChI=1S/C11H23N3/c1-12-14-8-4-6-11(10-14)5-3-7-13(2)9-11/h12H,3-10H2,1-2H3. The van der Waals surface area contributed by atoms with Crippen molar-refractivity contribution in [3.05, 3.63) is 0 Å². The van der Waals surface area contributed by atoms with Crippen molar-refractivity contribution in [2.45, 2.75) is 25.7 Å². The lowest BCUT2D eigenvalue weighted by Gasteiger charge is -2.47. The zero-order chi connectivity index (χ0) is 10.0. The van der Waals surface area contributed by atoms with Crippen LogP contribution in [0, 0.1) is 5.41 Å². The number of piperidine rings is 2. The second kappa shape index (κ2) is 4.17. The van der Waals surface area contributed by atoms with Crippen LogP contribution in [0.25, 0.3) is 0 Å². The van der Waals surface area contributed by atoms with Gasteiger partial charge in [0, 0.05) is 19.6 Å². The van der Waals surface area contributed by atoms with E-state index in [0.717, 1.165) is 0 Å². The Hall–Kier alpha value is -0.120. The Balaban J connectivity index is 1.99. The van der Waals surface area contributed by atoms with Crippen LogP contribution in [0.3, 0.4) is 0 Å². The normalized spacial score (nSPS) is 36.4. The van der Waals surface area contributed by atoms with Gasteiger partial charge in [-0.2, -0.15) is 0 Å². The molecule has 2 fully saturated rings. The molecule has 2 heterocycles. The average Bonchev–Trinajstić information content (AvgIpc) is 2.17. The summed E-state index contributed by atoms with van der Waals surface area (Å²) < 4.78 is 0. The van der Waals surface area contributed by atoms with Crippen LogP contribution < -0.4 is 5.43 Å². The predicted octanol–water partition coefficient (Wildman–Crippen LogP) is 0.929. The van der Waals surface area contributed by atoms with Crippen LogP contribution in [0.5, 0.6) is 0 Å². The average molecular weight is 197 g/mol. The first-order valence-corrected chi connectivity index (χ1v) is 5.85. The van der Waals surface area contributed by atoms with Gasteiger partial charge in [-0.05, 0) is 51.7 Å². The lowest BCUT2D eigenvalue weighted by Crippen LogP contribution is -2.54. The third kappa shape index (κ3) is 2.10. The highest BCUT2D eigenvalue weighted by molar-refractivity contribution is 4.90. The molecule has 1 N–H and O–H groups in total. The van der Waals surface area contributed by atoms with Crippen molar-refractivity contribution in [2.24, 2.45) is 5.41 Å². The molecule has 14 heavy (non-hydrogen) atoms. The van der Waals surface area contributed by atoms with Gasteiger partial charge >= 0.3 is 0 Å². The Bertz CT molecular complexity index is 191. The van der Waals surface area contributed by atoms with E-state index < -0.39 is 0 Å². The van der Waals surface area contributed by atoms with Gasteiger partial charge < -0.3 is 4.90 Å². The fourth-order valence-electron chi connectivity index (χ4n) is 3.19. The minimum absolute atomic E-state index is 0.592. The largest absolute Gasteiger partial charge is 0.306 e. The van der Waals surface area contributed by atoms with Gasteiger partial charge in [0.1, 0.15) is 0 Å². The van der Waals surface area contributed by atoms with Gasteiger partial charge in [-0.3, -0.25) is 5.43 Å². The summed E-state index contributed by atoms with van der Waals surface area (Å²) in [6, 6.07) is 0. The van der Waals surface area contributed by atoms with Crippen LogP contribution in [-0.4, -0.2) is 50.2 Å². The molecule has 82 valence electrons. The Kier molecular flexibility index (Phi) is 3.10. The fourth-order valence-corrected chi connectivity index (χ4v) is 3.19. The first-order chi connectivity index (χ1) is 6.74. The number of rotatable bonds is 1. The van der Waals surface area contributed by atoms with E-state index in [2.05, 4.69) is 22.4 Å². The maximum atomic E-state index is 3.31. The van der Waals surface area contributed by atoms with Crippen LogP contribution in [0.15, 0.2) is 0 Å². The summed E-state index contributed by atoms with van der Waals surface area (Å²) in [6.07, 6.45) is 5.59. The molecule has 0 aliphatic carbocycles. The Morgan fingerprint density at radius 2 is 1.79 bits per heavy atom. The molecular weight excluding hydrogens is 174 g/mol. The minimum atomic E-state index is 0.592. The third-order valence-corrected chi connectivity index (χ3v) is 3.83. The quantitative estimate of drug-likeness (QED) is 0.674. The number of likely N-dealkylation sites (tertiary alicyclic amines) is 1. The molecule has 1 spiro atoms. The Labute approximate surface area is 87.4 Å². The van der Waals surface area contributed by atoms with E-state index >= 15 is 0 Å². The third-order valence-electron chi connectivity index (χ3n) is 3.83. The molecule has 3 nitrogen and oxygen atoms in total. The molecule has 1 atom stereocenters. The highest BCUT2D eigenvalue weighted by Crippen LogP contribution is 2.37. The van der Waals surface area contributed by atoms with Crippen LogP contribution in [0.1, 0.15) is 25.7 Å². The van der Waals surface area contributed by atoms with E-state index in [1.165, 1.54) is 51.9 Å². The molecule has 0 aromatic rings. The summed E-state index contributed by atoms with van der Waals surface area (Å²) in [5.74, 6) is 0. The highest BCUT2D eigenvalue weighted by atomic mass is 15.5. The molecular formula is C11H23N3. The van der Waals surface area contributed by atoms with Crippen molar-refractivity contribution >= 4 is 0 Å². The summed E-state index contributed by atoms with van der Waals surface area (Å²) >= 11 is 0. The van der Waals surface area contributed by atoms with Crippen LogP contribution in [-0.2, 0) is 0 Å². The predicted molar refractivity (Wildman–Crippen MR) is 59.0 cm³/mol. The Morgan fingerprint density at radius 1 is 1.07 bits per heavy atom. The number of hydrogen-bond donors (Lipinski definition) is 1. The van der Waals surface area contributed by atoms with Gasteiger partial charge in [0.2, 0.25) is 0 Å². The van der Waals surface area contributed by atoms with Crippen molar-refractivity contribution in [1.82, 2.24) is 15.3 Å². The summed E-state index contributed by atoms with van der Waals surface area (Å²) in [5.41, 5.74) is 3.90. The van der Waals surface area contributed by atoms with Gasteiger partial charge in [-0.25, -0.2) is 5.01 Å². The molecule has 0 saturated carbocycles. The van der Waals surface area contributed by atoms with Crippen molar-refractivity contribution in [1.29, 1.82) is 0 Å². The molecule has 0 bridgehead atoms. The zero-order valence-electron chi connectivity index (χ0n) is 9.55. The van der Waals surface area contributed by atoms with Gasteiger partial charge in [-0.1, -0.05) is 0 Å². The molecule has 2 aliphatic heterocycles. The van der Waals surface area contributed by atoms with E-state index in [-0.39, 0.29) is 0 Å². The number of nitrogens with one attached hydrogen (secondary N) is 1. The highest BCUT2D eigenvalue weighted by Gasteiger charge is 2.37. The minimum Gasteiger partial charge on any atom is -0.306 e. The van der Waals surface area contributed by atoms with E-state index in [1.807, 2.05) is 7.05 Å². The second-order valence-corrected chi connectivity index (χ2v) is 5.09. The molecule has 0 radical (unpaired) electrons. The summed E-state index contributed by atoms with van der Waals surface area (Å²) in [5, 5.41) is 2.39. The molecule has 1 unspecified atom stereocenters. The second-order valence-electron chi connectivity index (χ2n) is 5.09. The van der Waals surface area contributed by atoms with E-state index in [4.69, 9.17) is 0 Å². The number of nitrogens with zero attached hydrogens (tertiary/aromatic N) is 2. The van der Waals surface area contributed by atoms with Crippen LogP contribution >= 0.6 is 0 Å².